The lowest BCUT2D eigenvalue weighted by Gasteiger charge is -2.09. The second-order valence-electron chi connectivity index (χ2n) is 6.44. The van der Waals surface area contributed by atoms with Crippen LogP contribution in [0.15, 0.2) is 71.9 Å². The normalized spacial score (nSPS) is 11.1. The van der Waals surface area contributed by atoms with Crippen LogP contribution in [0.25, 0.3) is 11.0 Å². The van der Waals surface area contributed by atoms with E-state index in [1.807, 2.05) is 36.4 Å². The molecule has 4 aromatic rings. The predicted molar refractivity (Wildman–Crippen MR) is 122 cm³/mol. The van der Waals surface area contributed by atoms with E-state index in [0.29, 0.717) is 27.2 Å². The molecule has 7 heteroatoms. The molecule has 0 bridgehead atoms. The Morgan fingerprint density at radius 2 is 1.66 bits per heavy atom. The summed E-state index contributed by atoms with van der Waals surface area (Å²) in [4.78, 5) is 17.4. The molecular weight excluding hydrogens is 447 g/mol. The minimum absolute atomic E-state index is 0.0759. The van der Waals surface area contributed by atoms with Crippen molar-refractivity contribution in [2.75, 3.05) is 5.75 Å². The molecule has 3 aromatic carbocycles. The van der Waals surface area contributed by atoms with E-state index in [0.717, 1.165) is 21.8 Å². The lowest BCUT2D eigenvalue weighted by molar-refractivity contribution is 0.102. The molecule has 0 radical (unpaired) electrons. The fourth-order valence-electron chi connectivity index (χ4n) is 3.03. The van der Waals surface area contributed by atoms with E-state index >= 15 is 0 Å². The van der Waals surface area contributed by atoms with Crippen LogP contribution in [-0.2, 0) is 6.54 Å². The largest absolute Gasteiger partial charge is 0.314 e. The van der Waals surface area contributed by atoms with Gasteiger partial charge in [0.25, 0.3) is 0 Å². The van der Waals surface area contributed by atoms with Crippen molar-refractivity contribution in [1.82, 2.24) is 9.55 Å². The van der Waals surface area contributed by atoms with Crippen LogP contribution in [0.2, 0.25) is 15.1 Å². The van der Waals surface area contributed by atoms with Crippen molar-refractivity contribution in [1.29, 1.82) is 0 Å². The Kier molecular flexibility index (Phi) is 6.16. The SMILES string of the molecule is O=C(CSc1nc2cc(Cl)ccc2n1Cc1ccccc1)c1ccc(Cl)cc1Cl. The van der Waals surface area contributed by atoms with Gasteiger partial charge < -0.3 is 4.57 Å². The van der Waals surface area contributed by atoms with Gasteiger partial charge >= 0.3 is 0 Å². The average Bonchev–Trinajstić information content (AvgIpc) is 3.03. The number of hydrogen-bond donors (Lipinski definition) is 0. The van der Waals surface area contributed by atoms with Crippen LogP contribution in [0.3, 0.4) is 0 Å². The van der Waals surface area contributed by atoms with E-state index < -0.39 is 0 Å². The van der Waals surface area contributed by atoms with Gasteiger partial charge in [-0.3, -0.25) is 4.79 Å². The molecule has 29 heavy (non-hydrogen) atoms. The lowest BCUT2D eigenvalue weighted by Crippen LogP contribution is -2.06. The van der Waals surface area contributed by atoms with Gasteiger partial charge in [0.05, 0.1) is 28.4 Å². The summed E-state index contributed by atoms with van der Waals surface area (Å²) in [5.74, 6) is 0.140. The molecule has 0 aliphatic heterocycles. The van der Waals surface area contributed by atoms with E-state index in [1.165, 1.54) is 11.8 Å². The van der Waals surface area contributed by atoms with E-state index in [2.05, 4.69) is 16.7 Å². The molecule has 0 saturated heterocycles. The molecule has 146 valence electrons. The van der Waals surface area contributed by atoms with Gasteiger partial charge in [-0.25, -0.2) is 4.98 Å². The topological polar surface area (TPSA) is 34.9 Å². The van der Waals surface area contributed by atoms with Crippen LogP contribution in [0.5, 0.6) is 0 Å². The number of benzene rings is 3. The van der Waals surface area contributed by atoms with Gasteiger partial charge in [0, 0.05) is 15.6 Å². The second-order valence-corrected chi connectivity index (χ2v) is 8.66. The first-order valence-electron chi connectivity index (χ1n) is 8.82. The molecule has 1 aromatic heterocycles. The van der Waals surface area contributed by atoms with Crippen molar-refractivity contribution >= 4 is 63.4 Å². The van der Waals surface area contributed by atoms with Crippen LogP contribution in [-0.4, -0.2) is 21.1 Å². The number of fused-ring (bicyclic) bond motifs is 1. The third-order valence-corrected chi connectivity index (χ3v) is 6.18. The fourth-order valence-corrected chi connectivity index (χ4v) is 4.61. The van der Waals surface area contributed by atoms with Gasteiger partial charge in [0.15, 0.2) is 10.9 Å². The zero-order chi connectivity index (χ0) is 20.4. The first-order valence-corrected chi connectivity index (χ1v) is 10.9. The van der Waals surface area contributed by atoms with Gasteiger partial charge in [-0.05, 0) is 42.0 Å². The average molecular weight is 462 g/mol. The zero-order valence-corrected chi connectivity index (χ0v) is 18.2. The molecule has 0 unspecified atom stereocenters. The maximum absolute atomic E-state index is 12.7. The Labute approximate surface area is 187 Å². The summed E-state index contributed by atoms with van der Waals surface area (Å²) < 4.78 is 2.10. The van der Waals surface area contributed by atoms with Crippen LogP contribution in [0.1, 0.15) is 15.9 Å². The van der Waals surface area contributed by atoms with Gasteiger partial charge in [-0.1, -0.05) is 76.9 Å². The number of aromatic nitrogens is 2. The van der Waals surface area contributed by atoms with Crippen molar-refractivity contribution in [3.8, 4) is 0 Å². The van der Waals surface area contributed by atoms with Crippen LogP contribution >= 0.6 is 46.6 Å². The number of halogens is 3. The molecule has 4 rings (SSSR count). The van der Waals surface area contributed by atoms with E-state index in [1.54, 1.807) is 18.2 Å². The highest BCUT2D eigenvalue weighted by Crippen LogP contribution is 2.29. The van der Waals surface area contributed by atoms with E-state index in [9.17, 15) is 4.79 Å². The van der Waals surface area contributed by atoms with Crippen molar-refractivity contribution in [2.45, 2.75) is 11.7 Å². The summed E-state index contributed by atoms with van der Waals surface area (Å²) in [6.45, 7) is 0.650. The second kappa shape index (κ2) is 8.80. The van der Waals surface area contributed by atoms with E-state index in [-0.39, 0.29) is 11.5 Å². The van der Waals surface area contributed by atoms with Crippen molar-refractivity contribution in [2.24, 2.45) is 0 Å². The molecule has 1 heterocycles. The molecule has 3 nitrogen and oxygen atoms in total. The van der Waals surface area contributed by atoms with Gasteiger partial charge in [0.2, 0.25) is 0 Å². The third kappa shape index (κ3) is 4.62. The Balaban J connectivity index is 1.63. The molecule has 0 fully saturated rings. The van der Waals surface area contributed by atoms with Crippen molar-refractivity contribution < 1.29 is 4.79 Å². The summed E-state index contributed by atoms with van der Waals surface area (Å²) in [7, 11) is 0. The number of Topliss-reactive ketones (excluding diaryl/α,β-unsaturated/α-hetero) is 1. The number of thioether (sulfide) groups is 1. The highest BCUT2D eigenvalue weighted by Gasteiger charge is 2.16. The number of rotatable bonds is 6. The number of ketones is 1. The van der Waals surface area contributed by atoms with Crippen LogP contribution in [0, 0.1) is 0 Å². The fraction of sp³-hybridized carbons (Fsp3) is 0.0909. The molecule has 0 atom stereocenters. The first kappa shape index (κ1) is 20.3. The molecule has 0 aliphatic carbocycles. The number of hydrogen-bond acceptors (Lipinski definition) is 3. The van der Waals surface area contributed by atoms with Crippen LogP contribution in [0.4, 0.5) is 0 Å². The minimum atomic E-state index is -0.0759. The number of carbonyl (C=O) groups excluding carboxylic acids is 1. The van der Waals surface area contributed by atoms with Gasteiger partial charge in [0.1, 0.15) is 0 Å². The molecular formula is C22H15Cl3N2OS. The number of carbonyl (C=O) groups is 1. The predicted octanol–water partition coefficient (Wildman–Crippen LogP) is 7.02. The van der Waals surface area contributed by atoms with Gasteiger partial charge in [-0.15, -0.1) is 0 Å². The molecule has 0 amide bonds. The number of imidazole rings is 1. The Morgan fingerprint density at radius 1 is 0.931 bits per heavy atom. The Hall–Kier alpha value is -1.98. The standard InChI is InChI=1S/C22H15Cl3N2OS/c23-15-6-8-17(18(25)10-15)21(28)13-29-22-26-19-11-16(24)7-9-20(19)27(22)12-14-4-2-1-3-5-14/h1-11H,12-13H2. The van der Waals surface area contributed by atoms with Gasteiger partial charge in [-0.2, -0.15) is 0 Å². The smallest absolute Gasteiger partial charge is 0.174 e. The van der Waals surface area contributed by atoms with Crippen LogP contribution < -0.4 is 0 Å². The summed E-state index contributed by atoms with van der Waals surface area (Å²) in [5, 5.41) is 2.24. The Morgan fingerprint density at radius 3 is 2.41 bits per heavy atom. The molecule has 0 spiro atoms. The highest BCUT2D eigenvalue weighted by atomic mass is 35.5. The zero-order valence-electron chi connectivity index (χ0n) is 15.1. The quantitative estimate of drug-likeness (QED) is 0.228. The lowest BCUT2D eigenvalue weighted by atomic mass is 10.1. The summed E-state index contributed by atoms with van der Waals surface area (Å²) >= 11 is 19.6. The highest BCUT2D eigenvalue weighted by molar-refractivity contribution is 7.99. The first-order chi connectivity index (χ1) is 14.0. The van der Waals surface area contributed by atoms with E-state index in [4.69, 9.17) is 39.8 Å². The number of nitrogens with zero attached hydrogens (tertiary/aromatic N) is 2. The van der Waals surface area contributed by atoms with Crippen molar-refractivity contribution in [3.63, 3.8) is 0 Å². The maximum atomic E-state index is 12.7. The third-order valence-electron chi connectivity index (χ3n) is 4.42. The summed E-state index contributed by atoms with van der Waals surface area (Å²) in [6.07, 6.45) is 0. The maximum Gasteiger partial charge on any atom is 0.174 e. The molecule has 0 N–H and O–H groups in total. The summed E-state index contributed by atoms with van der Waals surface area (Å²) in [5.41, 5.74) is 3.37. The Bertz CT molecular complexity index is 1190. The monoisotopic (exact) mass is 460 g/mol. The molecule has 0 saturated carbocycles. The molecule has 0 aliphatic rings. The summed E-state index contributed by atoms with van der Waals surface area (Å²) in [6, 6.07) is 20.7. The minimum Gasteiger partial charge on any atom is -0.314 e. The van der Waals surface area contributed by atoms with Crippen molar-refractivity contribution in [3.05, 3.63) is 92.9 Å².